The van der Waals surface area contributed by atoms with Crippen molar-refractivity contribution in [2.24, 2.45) is 23.5 Å². The quantitative estimate of drug-likeness (QED) is 0.814. The number of rotatable bonds is 6. The van der Waals surface area contributed by atoms with Crippen LogP contribution >= 0.6 is 0 Å². The average Bonchev–Trinajstić information content (AvgIpc) is 2.53. The summed E-state index contributed by atoms with van der Waals surface area (Å²) >= 11 is 0. The highest BCUT2D eigenvalue weighted by Gasteiger charge is 2.31. The third-order valence-electron chi connectivity index (χ3n) is 5.57. The molecule has 3 heteroatoms. The summed E-state index contributed by atoms with van der Waals surface area (Å²) < 4.78 is 0. The maximum Gasteiger partial charge on any atom is 0.225 e. The minimum Gasteiger partial charge on any atom is -0.342 e. The van der Waals surface area contributed by atoms with Crippen molar-refractivity contribution >= 4 is 5.91 Å². The van der Waals surface area contributed by atoms with Crippen molar-refractivity contribution in [1.29, 1.82) is 0 Å². The van der Waals surface area contributed by atoms with Gasteiger partial charge in [-0.15, -0.1) is 0 Å². The van der Waals surface area contributed by atoms with Gasteiger partial charge in [0.1, 0.15) is 0 Å². The summed E-state index contributed by atoms with van der Waals surface area (Å²) in [6.07, 6.45) is 12.3. The molecule has 2 N–H and O–H groups in total. The first-order valence-corrected chi connectivity index (χ1v) is 9.23. The van der Waals surface area contributed by atoms with E-state index < -0.39 is 0 Å². The lowest BCUT2D eigenvalue weighted by Crippen LogP contribution is -2.44. The molecule has 1 heterocycles. The lowest BCUT2D eigenvalue weighted by atomic mass is 9.79. The van der Waals surface area contributed by atoms with Gasteiger partial charge in [0.25, 0.3) is 0 Å². The van der Waals surface area contributed by atoms with Crippen LogP contribution in [0.4, 0.5) is 0 Å². The van der Waals surface area contributed by atoms with Crippen LogP contribution in [-0.4, -0.2) is 30.4 Å². The van der Waals surface area contributed by atoms with Crippen LogP contribution in [0.15, 0.2) is 0 Å². The van der Waals surface area contributed by atoms with Gasteiger partial charge < -0.3 is 10.6 Å². The fourth-order valence-electron chi connectivity index (χ4n) is 4.19. The SMILES string of the molecule is CCCCC1CCC(C(=O)N2CCCC(CCN)C2)CC1. The summed E-state index contributed by atoms with van der Waals surface area (Å²) in [5.74, 6) is 2.30. The van der Waals surface area contributed by atoms with E-state index in [9.17, 15) is 4.79 Å². The minimum atomic E-state index is 0.319. The first kappa shape index (κ1) is 16.8. The van der Waals surface area contributed by atoms with Crippen molar-refractivity contribution in [3.05, 3.63) is 0 Å². The van der Waals surface area contributed by atoms with Crippen molar-refractivity contribution in [1.82, 2.24) is 4.90 Å². The van der Waals surface area contributed by atoms with Gasteiger partial charge in [-0.1, -0.05) is 26.2 Å². The van der Waals surface area contributed by atoms with E-state index in [0.29, 0.717) is 17.7 Å². The Morgan fingerprint density at radius 3 is 2.52 bits per heavy atom. The van der Waals surface area contributed by atoms with Gasteiger partial charge in [-0.2, -0.15) is 0 Å². The first-order chi connectivity index (χ1) is 10.2. The predicted octanol–water partition coefficient (Wildman–Crippen LogP) is 3.57. The molecule has 1 unspecified atom stereocenters. The van der Waals surface area contributed by atoms with Gasteiger partial charge in [0.2, 0.25) is 5.91 Å². The average molecular weight is 294 g/mol. The molecular weight excluding hydrogens is 260 g/mol. The number of carbonyl (C=O) groups is 1. The highest BCUT2D eigenvalue weighted by molar-refractivity contribution is 5.79. The minimum absolute atomic E-state index is 0.319. The molecule has 0 radical (unpaired) electrons. The molecule has 0 aromatic rings. The van der Waals surface area contributed by atoms with Gasteiger partial charge in [0.05, 0.1) is 0 Å². The van der Waals surface area contributed by atoms with Crippen LogP contribution in [0.3, 0.4) is 0 Å². The predicted molar refractivity (Wildman–Crippen MR) is 87.9 cm³/mol. The second-order valence-electron chi connectivity index (χ2n) is 7.23. The second-order valence-corrected chi connectivity index (χ2v) is 7.23. The van der Waals surface area contributed by atoms with E-state index >= 15 is 0 Å². The van der Waals surface area contributed by atoms with Crippen LogP contribution in [0, 0.1) is 17.8 Å². The Kier molecular flexibility index (Phi) is 7.01. The summed E-state index contributed by atoms with van der Waals surface area (Å²) in [7, 11) is 0. The zero-order valence-corrected chi connectivity index (χ0v) is 13.9. The largest absolute Gasteiger partial charge is 0.342 e. The molecule has 0 bridgehead atoms. The molecule has 1 saturated carbocycles. The van der Waals surface area contributed by atoms with Gasteiger partial charge in [0.15, 0.2) is 0 Å². The zero-order valence-electron chi connectivity index (χ0n) is 13.9. The zero-order chi connectivity index (χ0) is 15.1. The van der Waals surface area contributed by atoms with E-state index in [2.05, 4.69) is 11.8 Å². The number of nitrogens with zero attached hydrogens (tertiary/aromatic N) is 1. The number of unbranched alkanes of at least 4 members (excludes halogenated alkanes) is 1. The Bertz CT molecular complexity index is 308. The van der Waals surface area contributed by atoms with Gasteiger partial charge in [-0.25, -0.2) is 0 Å². The number of nitrogens with two attached hydrogens (primary N) is 1. The Morgan fingerprint density at radius 1 is 1.10 bits per heavy atom. The van der Waals surface area contributed by atoms with Gasteiger partial charge >= 0.3 is 0 Å². The number of likely N-dealkylation sites (tertiary alicyclic amines) is 1. The normalized spacial score (nSPS) is 30.4. The van der Waals surface area contributed by atoms with E-state index in [4.69, 9.17) is 5.73 Å². The number of piperidine rings is 1. The maximum atomic E-state index is 12.7. The molecule has 2 rings (SSSR count). The Balaban J connectivity index is 1.76. The van der Waals surface area contributed by atoms with Crippen molar-refractivity contribution in [3.8, 4) is 0 Å². The summed E-state index contributed by atoms with van der Waals surface area (Å²) in [5, 5.41) is 0. The van der Waals surface area contributed by atoms with Crippen molar-refractivity contribution in [2.45, 2.75) is 71.1 Å². The maximum absolute atomic E-state index is 12.7. The van der Waals surface area contributed by atoms with Gasteiger partial charge in [-0.3, -0.25) is 4.79 Å². The fourth-order valence-corrected chi connectivity index (χ4v) is 4.19. The van der Waals surface area contributed by atoms with Crippen LogP contribution in [0.1, 0.15) is 71.1 Å². The molecule has 1 amide bonds. The van der Waals surface area contributed by atoms with Crippen molar-refractivity contribution in [3.63, 3.8) is 0 Å². The van der Waals surface area contributed by atoms with E-state index in [-0.39, 0.29) is 0 Å². The Labute approximate surface area is 130 Å². The summed E-state index contributed by atoms with van der Waals surface area (Å²) in [5.41, 5.74) is 5.68. The smallest absolute Gasteiger partial charge is 0.225 e. The van der Waals surface area contributed by atoms with Crippen molar-refractivity contribution in [2.75, 3.05) is 19.6 Å². The molecule has 1 saturated heterocycles. The number of hydrogen-bond acceptors (Lipinski definition) is 2. The number of carbonyl (C=O) groups excluding carboxylic acids is 1. The molecule has 0 spiro atoms. The van der Waals surface area contributed by atoms with Crippen LogP contribution in [0.25, 0.3) is 0 Å². The topological polar surface area (TPSA) is 46.3 Å². The third-order valence-corrected chi connectivity index (χ3v) is 5.57. The van der Waals surface area contributed by atoms with E-state index in [1.54, 1.807) is 0 Å². The summed E-state index contributed by atoms with van der Waals surface area (Å²) in [6.45, 7) is 4.97. The monoisotopic (exact) mass is 294 g/mol. The Morgan fingerprint density at radius 2 is 1.86 bits per heavy atom. The molecule has 122 valence electrons. The lowest BCUT2D eigenvalue weighted by Gasteiger charge is -2.37. The molecule has 3 nitrogen and oxygen atoms in total. The third kappa shape index (κ3) is 4.98. The first-order valence-electron chi connectivity index (χ1n) is 9.23. The molecule has 1 aliphatic heterocycles. The fraction of sp³-hybridized carbons (Fsp3) is 0.944. The molecule has 2 aliphatic rings. The second kappa shape index (κ2) is 8.77. The molecule has 21 heavy (non-hydrogen) atoms. The molecule has 1 aliphatic carbocycles. The summed E-state index contributed by atoms with van der Waals surface area (Å²) in [4.78, 5) is 14.9. The number of hydrogen-bond donors (Lipinski definition) is 1. The van der Waals surface area contributed by atoms with Crippen LogP contribution in [0.5, 0.6) is 0 Å². The van der Waals surface area contributed by atoms with Crippen molar-refractivity contribution < 1.29 is 4.79 Å². The lowest BCUT2D eigenvalue weighted by molar-refractivity contribution is -0.138. The van der Waals surface area contributed by atoms with Crippen LogP contribution in [0.2, 0.25) is 0 Å². The molecule has 0 aromatic heterocycles. The number of amides is 1. The Hall–Kier alpha value is -0.570. The highest BCUT2D eigenvalue weighted by atomic mass is 16.2. The molecule has 1 atom stereocenters. The molecule has 0 aromatic carbocycles. The van der Waals surface area contributed by atoms with Crippen LogP contribution in [-0.2, 0) is 4.79 Å². The standard InChI is InChI=1S/C18H34N2O/c1-2-3-5-15-7-9-17(10-8-15)18(21)20-13-4-6-16(14-20)11-12-19/h15-17H,2-14,19H2,1H3. The van der Waals surface area contributed by atoms with Crippen LogP contribution < -0.4 is 5.73 Å². The van der Waals surface area contributed by atoms with E-state index in [1.165, 1.54) is 44.9 Å². The highest BCUT2D eigenvalue weighted by Crippen LogP contribution is 2.33. The molecule has 2 fully saturated rings. The van der Waals surface area contributed by atoms with Gasteiger partial charge in [-0.05, 0) is 63.3 Å². The molecular formula is C18H34N2O. The van der Waals surface area contributed by atoms with Gasteiger partial charge in [0, 0.05) is 19.0 Å². The van der Waals surface area contributed by atoms with E-state index in [0.717, 1.165) is 44.8 Å². The summed E-state index contributed by atoms with van der Waals surface area (Å²) in [6, 6.07) is 0. The van der Waals surface area contributed by atoms with E-state index in [1.807, 2.05) is 0 Å².